The third-order valence-electron chi connectivity index (χ3n) is 3.77. The second kappa shape index (κ2) is 11.6. The zero-order chi connectivity index (χ0) is 19.6. The minimum atomic E-state index is 0.311. The molecule has 2 aromatic carbocycles. The van der Waals surface area contributed by atoms with Gasteiger partial charge in [0.25, 0.3) is 0 Å². The lowest BCUT2D eigenvalue weighted by Gasteiger charge is -2.16. The molecule has 0 bridgehead atoms. The summed E-state index contributed by atoms with van der Waals surface area (Å²) in [4.78, 5) is 0. The van der Waals surface area contributed by atoms with Gasteiger partial charge in [0.05, 0.1) is 21.7 Å². The van der Waals surface area contributed by atoms with E-state index < -0.39 is 0 Å². The SMILES string of the molecule is CCOc1cc(CNCCCOC)cc(Cl)c1OCc1ccc(Cl)c(Cl)c1. The van der Waals surface area contributed by atoms with Crippen LogP contribution in [0.15, 0.2) is 30.3 Å². The van der Waals surface area contributed by atoms with Crippen molar-refractivity contribution in [2.24, 2.45) is 0 Å². The molecule has 0 saturated carbocycles. The van der Waals surface area contributed by atoms with Gasteiger partial charge in [-0.15, -0.1) is 0 Å². The van der Waals surface area contributed by atoms with Crippen LogP contribution in [-0.2, 0) is 17.9 Å². The lowest BCUT2D eigenvalue weighted by Crippen LogP contribution is -2.16. The van der Waals surface area contributed by atoms with E-state index in [-0.39, 0.29) is 0 Å². The highest BCUT2D eigenvalue weighted by atomic mass is 35.5. The van der Waals surface area contributed by atoms with Crippen molar-refractivity contribution in [1.82, 2.24) is 5.32 Å². The number of hydrogen-bond donors (Lipinski definition) is 1. The van der Waals surface area contributed by atoms with Gasteiger partial charge in [0.2, 0.25) is 0 Å². The van der Waals surface area contributed by atoms with Crippen LogP contribution in [0.1, 0.15) is 24.5 Å². The van der Waals surface area contributed by atoms with Crippen molar-refractivity contribution in [3.05, 3.63) is 56.5 Å². The molecule has 0 fully saturated rings. The molecule has 27 heavy (non-hydrogen) atoms. The number of methoxy groups -OCH3 is 1. The topological polar surface area (TPSA) is 39.7 Å². The van der Waals surface area contributed by atoms with E-state index in [0.717, 1.165) is 30.7 Å². The van der Waals surface area contributed by atoms with Gasteiger partial charge in [0.1, 0.15) is 6.61 Å². The minimum Gasteiger partial charge on any atom is -0.490 e. The highest BCUT2D eigenvalue weighted by molar-refractivity contribution is 6.42. The molecule has 0 unspecified atom stereocenters. The van der Waals surface area contributed by atoms with E-state index in [4.69, 9.17) is 49.0 Å². The Bertz CT molecular complexity index is 741. The van der Waals surface area contributed by atoms with Crippen LogP contribution < -0.4 is 14.8 Å². The summed E-state index contributed by atoms with van der Waals surface area (Å²) in [6.45, 7) is 5.04. The fourth-order valence-corrected chi connectivity index (χ4v) is 3.09. The summed E-state index contributed by atoms with van der Waals surface area (Å²) in [7, 11) is 1.70. The van der Waals surface area contributed by atoms with Gasteiger partial charge in [-0.25, -0.2) is 0 Å². The third-order valence-corrected chi connectivity index (χ3v) is 4.79. The minimum absolute atomic E-state index is 0.311. The Labute approximate surface area is 175 Å². The number of ether oxygens (including phenoxy) is 3. The molecule has 2 rings (SSSR count). The van der Waals surface area contributed by atoms with E-state index in [9.17, 15) is 0 Å². The molecule has 0 saturated heterocycles. The Morgan fingerprint density at radius 3 is 2.41 bits per heavy atom. The van der Waals surface area contributed by atoms with Gasteiger partial charge in [-0.2, -0.15) is 0 Å². The first kappa shape index (κ1) is 22.1. The van der Waals surface area contributed by atoms with Gasteiger partial charge in [-0.1, -0.05) is 40.9 Å². The maximum Gasteiger partial charge on any atom is 0.180 e. The standard InChI is InChI=1S/C20H24Cl3NO3/c1-3-26-19-11-15(12-24-7-4-8-25-2)10-18(23)20(19)27-13-14-5-6-16(21)17(22)9-14/h5-6,9-11,24H,3-4,7-8,12-13H2,1-2H3. The normalized spacial score (nSPS) is 10.9. The molecule has 7 heteroatoms. The summed E-state index contributed by atoms with van der Waals surface area (Å²) in [6.07, 6.45) is 0.952. The van der Waals surface area contributed by atoms with Crippen LogP contribution in [0.4, 0.5) is 0 Å². The Morgan fingerprint density at radius 1 is 0.926 bits per heavy atom. The predicted octanol–water partition coefficient (Wildman–Crippen LogP) is 5.75. The summed E-state index contributed by atoms with van der Waals surface area (Å²) in [5, 5.41) is 4.87. The van der Waals surface area contributed by atoms with Gasteiger partial charge in [0.15, 0.2) is 11.5 Å². The van der Waals surface area contributed by atoms with Gasteiger partial charge in [0, 0.05) is 20.3 Å². The highest BCUT2D eigenvalue weighted by Gasteiger charge is 2.13. The van der Waals surface area contributed by atoms with Crippen LogP contribution in [0.25, 0.3) is 0 Å². The number of benzene rings is 2. The maximum absolute atomic E-state index is 6.46. The summed E-state index contributed by atoms with van der Waals surface area (Å²) in [6, 6.07) is 9.21. The molecular weight excluding hydrogens is 409 g/mol. The molecule has 0 aliphatic rings. The Hall–Kier alpha value is -1.17. The lowest BCUT2D eigenvalue weighted by atomic mass is 10.2. The zero-order valence-electron chi connectivity index (χ0n) is 15.5. The fourth-order valence-electron chi connectivity index (χ4n) is 2.49. The summed E-state index contributed by atoms with van der Waals surface area (Å²) >= 11 is 18.5. The largest absolute Gasteiger partial charge is 0.490 e. The molecule has 0 spiro atoms. The average molecular weight is 433 g/mol. The van der Waals surface area contributed by atoms with Crippen molar-refractivity contribution in [3.8, 4) is 11.5 Å². The Balaban J connectivity index is 2.06. The molecule has 0 aliphatic carbocycles. The smallest absolute Gasteiger partial charge is 0.180 e. The van der Waals surface area contributed by atoms with Crippen molar-refractivity contribution >= 4 is 34.8 Å². The first-order chi connectivity index (χ1) is 13.0. The van der Waals surface area contributed by atoms with Crippen molar-refractivity contribution in [2.75, 3.05) is 26.9 Å². The van der Waals surface area contributed by atoms with E-state index >= 15 is 0 Å². The van der Waals surface area contributed by atoms with Gasteiger partial charge < -0.3 is 19.5 Å². The molecule has 4 nitrogen and oxygen atoms in total. The molecule has 0 amide bonds. The van der Waals surface area contributed by atoms with Crippen molar-refractivity contribution < 1.29 is 14.2 Å². The average Bonchev–Trinajstić information content (AvgIpc) is 2.64. The monoisotopic (exact) mass is 431 g/mol. The fraction of sp³-hybridized carbons (Fsp3) is 0.400. The van der Waals surface area contributed by atoms with E-state index in [1.807, 2.05) is 25.1 Å². The summed E-state index contributed by atoms with van der Waals surface area (Å²) in [5.41, 5.74) is 1.93. The third kappa shape index (κ3) is 7.05. The second-order valence-electron chi connectivity index (χ2n) is 5.90. The van der Waals surface area contributed by atoms with Crippen LogP contribution in [0.5, 0.6) is 11.5 Å². The second-order valence-corrected chi connectivity index (χ2v) is 7.12. The van der Waals surface area contributed by atoms with Crippen molar-refractivity contribution in [1.29, 1.82) is 0 Å². The maximum atomic E-state index is 6.46. The van der Waals surface area contributed by atoms with Crippen LogP contribution in [0.3, 0.4) is 0 Å². The van der Waals surface area contributed by atoms with Gasteiger partial charge >= 0.3 is 0 Å². The molecule has 148 valence electrons. The van der Waals surface area contributed by atoms with Crippen LogP contribution in [0, 0.1) is 0 Å². The Morgan fingerprint density at radius 2 is 1.70 bits per heavy atom. The predicted molar refractivity (Wildman–Crippen MR) is 112 cm³/mol. The van der Waals surface area contributed by atoms with E-state index in [2.05, 4.69) is 5.32 Å². The van der Waals surface area contributed by atoms with E-state index in [0.29, 0.717) is 46.3 Å². The lowest BCUT2D eigenvalue weighted by molar-refractivity contribution is 0.194. The molecule has 0 aliphatic heterocycles. The molecule has 0 heterocycles. The number of nitrogens with one attached hydrogen (secondary N) is 1. The molecule has 0 atom stereocenters. The number of rotatable bonds is 11. The van der Waals surface area contributed by atoms with Gasteiger partial charge in [-0.05, 0) is 55.3 Å². The van der Waals surface area contributed by atoms with Crippen LogP contribution >= 0.6 is 34.8 Å². The highest BCUT2D eigenvalue weighted by Crippen LogP contribution is 2.37. The Kier molecular flexibility index (Phi) is 9.52. The van der Waals surface area contributed by atoms with Crippen LogP contribution in [-0.4, -0.2) is 26.9 Å². The molecular formula is C20H24Cl3NO3. The summed E-state index contributed by atoms with van der Waals surface area (Å²) < 4.78 is 16.7. The summed E-state index contributed by atoms with van der Waals surface area (Å²) in [5.74, 6) is 1.14. The number of hydrogen-bond acceptors (Lipinski definition) is 4. The molecule has 2 aromatic rings. The first-order valence-electron chi connectivity index (χ1n) is 8.76. The number of halogens is 3. The quantitative estimate of drug-likeness (QED) is 0.459. The molecule has 0 aromatic heterocycles. The van der Waals surface area contributed by atoms with Crippen molar-refractivity contribution in [3.63, 3.8) is 0 Å². The van der Waals surface area contributed by atoms with Crippen molar-refractivity contribution in [2.45, 2.75) is 26.5 Å². The van der Waals surface area contributed by atoms with E-state index in [1.165, 1.54) is 0 Å². The molecule has 1 N–H and O–H groups in total. The van der Waals surface area contributed by atoms with Gasteiger partial charge in [-0.3, -0.25) is 0 Å². The molecule has 0 radical (unpaired) electrons. The van der Waals surface area contributed by atoms with E-state index in [1.54, 1.807) is 19.2 Å². The first-order valence-corrected chi connectivity index (χ1v) is 9.90. The van der Waals surface area contributed by atoms with Crippen LogP contribution in [0.2, 0.25) is 15.1 Å². The zero-order valence-corrected chi connectivity index (χ0v) is 17.8.